The maximum Gasteiger partial charge on any atom is 0.417 e. The van der Waals surface area contributed by atoms with Gasteiger partial charge in [0.2, 0.25) is 0 Å². The number of aromatic nitrogens is 1. The van der Waals surface area contributed by atoms with Crippen molar-refractivity contribution in [1.82, 2.24) is 14.0 Å². The third-order valence-corrected chi connectivity index (χ3v) is 5.42. The lowest BCUT2D eigenvalue weighted by molar-refractivity contribution is -0.137. The van der Waals surface area contributed by atoms with Crippen molar-refractivity contribution >= 4 is 16.1 Å². The normalized spacial score (nSPS) is 15.3. The highest BCUT2D eigenvalue weighted by Crippen LogP contribution is 2.28. The molecule has 0 bridgehead atoms. The predicted molar refractivity (Wildman–Crippen MR) is 86.2 cm³/mol. The van der Waals surface area contributed by atoms with E-state index in [1.165, 1.54) is 0 Å². The molecule has 1 aromatic carbocycles. The number of nitrogens with zero attached hydrogens (tertiary/aromatic N) is 2. The molecule has 0 atom stereocenters. The summed E-state index contributed by atoms with van der Waals surface area (Å²) < 4.78 is 65.3. The van der Waals surface area contributed by atoms with E-state index in [1.54, 1.807) is 12.1 Å². The lowest BCUT2D eigenvalue weighted by atomic mass is 10.0. The zero-order valence-corrected chi connectivity index (χ0v) is 14.1. The summed E-state index contributed by atoms with van der Waals surface area (Å²) >= 11 is 0. The zero-order valence-electron chi connectivity index (χ0n) is 13.3. The van der Waals surface area contributed by atoms with E-state index >= 15 is 0 Å². The predicted octanol–water partition coefficient (Wildman–Crippen LogP) is 2.13. The Morgan fingerprint density at radius 1 is 1.12 bits per heavy atom. The Morgan fingerprint density at radius 3 is 2.42 bits per heavy atom. The molecule has 0 fully saturated rings. The Kier molecular flexibility index (Phi) is 4.72. The maximum atomic E-state index is 12.5. The molecule has 1 N–H and O–H groups in total. The van der Waals surface area contributed by atoms with Crippen LogP contribution >= 0.6 is 0 Å². The molecule has 0 saturated carbocycles. The average Bonchev–Trinajstić information content (AvgIpc) is 2.60. The van der Waals surface area contributed by atoms with E-state index in [4.69, 9.17) is 0 Å². The fraction of sp³-hybridized carbons (Fsp3) is 0.250. The molecular formula is C16H14F3N3O3S. The molecule has 138 valence electrons. The minimum Gasteiger partial charge on any atom is -0.266 e. The first-order chi connectivity index (χ1) is 12.2. The van der Waals surface area contributed by atoms with Crippen LogP contribution in [-0.4, -0.2) is 30.2 Å². The summed E-state index contributed by atoms with van der Waals surface area (Å²) in [7, 11) is -4.14. The number of alkyl halides is 3. The van der Waals surface area contributed by atoms with Crippen LogP contribution in [0.5, 0.6) is 0 Å². The summed E-state index contributed by atoms with van der Waals surface area (Å²) in [5, 5.41) is 0. The Hall–Kier alpha value is -2.46. The molecule has 2 heterocycles. The Morgan fingerprint density at radius 2 is 1.81 bits per heavy atom. The number of pyridine rings is 1. The summed E-state index contributed by atoms with van der Waals surface area (Å²) in [6.45, 7) is 0.305. The number of hydrogen-bond donors (Lipinski definition) is 1. The van der Waals surface area contributed by atoms with Gasteiger partial charge in [0.1, 0.15) is 5.69 Å². The van der Waals surface area contributed by atoms with E-state index in [9.17, 15) is 26.4 Å². The molecule has 6 nitrogen and oxygen atoms in total. The van der Waals surface area contributed by atoms with Gasteiger partial charge in [0, 0.05) is 19.3 Å². The van der Waals surface area contributed by atoms with E-state index in [-0.39, 0.29) is 13.1 Å². The number of carbonyl (C=O) groups is 1. The van der Waals surface area contributed by atoms with Crippen molar-refractivity contribution in [3.8, 4) is 0 Å². The second-order valence-corrected chi connectivity index (χ2v) is 7.39. The number of hydrogen-bond acceptors (Lipinski definition) is 4. The van der Waals surface area contributed by atoms with Crippen molar-refractivity contribution in [2.75, 3.05) is 6.54 Å². The molecule has 0 spiro atoms. The molecule has 0 unspecified atom stereocenters. The van der Waals surface area contributed by atoms with Crippen LogP contribution in [0.3, 0.4) is 0 Å². The third kappa shape index (κ3) is 3.86. The van der Waals surface area contributed by atoms with Crippen LogP contribution in [-0.2, 0) is 29.4 Å². The van der Waals surface area contributed by atoms with Gasteiger partial charge < -0.3 is 0 Å². The molecule has 0 radical (unpaired) electrons. The summed E-state index contributed by atoms with van der Waals surface area (Å²) in [4.78, 5) is 15.4. The molecule has 1 aromatic heterocycles. The van der Waals surface area contributed by atoms with Gasteiger partial charge in [0.05, 0.1) is 5.56 Å². The van der Waals surface area contributed by atoms with Crippen LogP contribution in [0.4, 0.5) is 13.2 Å². The standard InChI is InChI=1S/C16H14F3N3O3S/c17-16(18,19)13-5-6-14(20-9-13)15(23)21-26(24,25)22-8-7-11-3-1-2-4-12(11)10-22/h1-6,9H,7-8,10H2,(H,21,23). The Bertz CT molecular complexity index is 928. The van der Waals surface area contributed by atoms with Gasteiger partial charge in [0.15, 0.2) is 0 Å². The van der Waals surface area contributed by atoms with Crippen molar-refractivity contribution in [2.45, 2.75) is 19.1 Å². The van der Waals surface area contributed by atoms with Crippen LogP contribution in [0.15, 0.2) is 42.6 Å². The SMILES string of the molecule is O=C(NS(=O)(=O)N1CCc2ccccc2C1)c1ccc(C(F)(F)F)cn1. The Balaban J connectivity index is 1.72. The molecule has 10 heteroatoms. The maximum absolute atomic E-state index is 12.5. The fourth-order valence-electron chi connectivity index (χ4n) is 2.60. The minimum absolute atomic E-state index is 0.110. The number of amides is 1. The van der Waals surface area contributed by atoms with Crippen LogP contribution in [0.25, 0.3) is 0 Å². The second-order valence-electron chi connectivity index (χ2n) is 5.72. The molecule has 26 heavy (non-hydrogen) atoms. The van der Waals surface area contributed by atoms with Crippen molar-refractivity contribution in [3.05, 3.63) is 65.0 Å². The van der Waals surface area contributed by atoms with Gasteiger partial charge in [-0.05, 0) is 29.7 Å². The average molecular weight is 385 g/mol. The highest BCUT2D eigenvalue weighted by molar-refractivity contribution is 7.87. The molecular weight excluding hydrogens is 371 g/mol. The molecule has 1 aliphatic heterocycles. The summed E-state index contributed by atoms with van der Waals surface area (Å²) in [5.41, 5.74) is 0.433. The van der Waals surface area contributed by atoms with Gasteiger partial charge in [-0.15, -0.1) is 0 Å². The smallest absolute Gasteiger partial charge is 0.266 e. The van der Waals surface area contributed by atoms with E-state index in [2.05, 4.69) is 4.98 Å². The second kappa shape index (κ2) is 6.69. The number of fused-ring (bicyclic) bond motifs is 1. The van der Waals surface area contributed by atoms with Crippen LogP contribution < -0.4 is 4.72 Å². The number of nitrogens with one attached hydrogen (secondary N) is 1. The topological polar surface area (TPSA) is 79.4 Å². The van der Waals surface area contributed by atoms with Crippen LogP contribution in [0.1, 0.15) is 27.2 Å². The highest BCUT2D eigenvalue weighted by Gasteiger charge is 2.32. The Labute approximate surface area is 147 Å². The lowest BCUT2D eigenvalue weighted by Crippen LogP contribution is -2.45. The molecule has 0 aliphatic carbocycles. The third-order valence-electron chi connectivity index (χ3n) is 3.98. The first-order valence-corrected chi connectivity index (χ1v) is 9.03. The van der Waals surface area contributed by atoms with Gasteiger partial charge in [-0.2, -0.15) is 25.9 Å². The van der Waals surface area contributed by atoms with Crippen molar-refractivity contribution in [1.29, 1.82) is 0 Å². The first kappa shape index (κ1) is 18.3. The minimum atomic E-state index is -4.59. The summed E-state index contributed by atoms with van der Waals surface area (Å²) in [6, 6.07) is 8.87. The van der Waals surface area contributed by atoms with Crippen LogP contribution in [0.2, 0.25) is 0 Å². The van der Waals surface area contributed by atoms with Gasteiger partial charge in [-0.3, -0.25) is 9.78 Å². The fourth-order valence-corrected chi connectivity index (χ4v) is 3.71. The molecule has 0 saturated heterocycles. The van der Waals surface area contributed by atoms with E-state index in [0.29, 0.717) is 18.7 Å². The monoisotopic (exact) mass is 385 g/mol. The quantitative estimate of drug-likeness (QED) is 0.878. The lowest BCUT2D eigenvalue weighted by Gasteiger charge is -2.27. The zero-order chi connectivity index (χ0) is 18.9. The van der Waals surface area contributed by atoms with E-state index in [1.807, 2.05) is 16.9 Å². The number of halogens is 3. The number of benzene rings is 1. The van der Waals surface area contributed by atoms with E-state index in [0.717, 1.165) is 21.5 Å². The summed E-state index contributed by atoms with van der Waals surface area (Å²) in [6.07, 6.45) is -3.60. The van der Waals surface area contributed by atoms with Crippen molar-refractivity contribution in [2.24, 2.45) is 0 Å². The largest absolute Gasteiger partial charge is 0.417 e. The number of rotatable bonds is 3. The van der Waals surface area contributed by atoms with Gasteiger partial charge in [-0.1, -0.05) is 24.3 Å². The van der Waals surface area contributed by atoms with Crippen molar-refractivity contribution < 1.29 is 26.4 Å². The molecule has 1 amide bonds. The van der Waals surface area contributed by atoms with Crippen molar-refractivity contribution in [3.63, 3.8) is 0 Å². The van der Waals surface area contributed by atoms with Gasteiger partial charge in [0.25, 0.3) is 5.91 Å². The highest BCUT2D eigenvalue weighted by atomic mass is 32.2. The van der Waals surface area contributed by atoms with Gasteiger partial charge in [-0.25, -0.2) is 4.72 Å². The number of carbonyl (C=O) groups excluding carboxylic acids is 1. The van der Waals surface area contributed by atoms with Crippen LogP contribution in [0, 0.1) is 0 Å². The van der Waals surface area contributed by atoms with Gasteiger partial charge >= 0.3 is 16.4 Å². The van der Waals surface area contributed by atoms with E-state index < -0.39 is 33.6 Å². The summed E-state index contributed by atoms with van der Waals surface area (Å²) in [5.74, 6) is -1.09. The molecule has 3 rings (SSSR count). The molecule has 2 aromatic rings. The molecule has 1 aliphatic rings. The first-order valence-electron chi connectivity index (χ1n) is 7.59.